The van der Waals surface area contributed by atoms with E-state index < -0.39 is 6.04 Å². The average Bonchev–Trinajstić information content (AvgIpc) is 3.63. The number of nitrogens with one attached hydrogen (secondary N) is 1. The van der Waals surface area contributed by atoms with Crippen molar-refractivity contribution in [3.8, 4) is 0 Å². The van der Waals surface area contributed by atoms with E-state index in [1.165, 1.54) is 11.3 Å². The van der Waals surface area contributed by atoms with Crippen molar-refractivity contribution in [1.29, 1.82) is 0 Å². The monoisotopic (exact) mass is 507 g/mol. The first kappa shape index (κ1) is 23.5. The van der Waals surface area contributed by atoms with Gasteiger partial charge in [0.05, 0.1) is 5.52 Å². The lowest BCUT2D eigenvalue weighted by molar-refractivity contribution is -0.142. The molecule has 0 bridgehead atoms. The van der Waals surface area contributed by atoms with Crippen molar-refractivity contribution in [2.45, 2.75) is 50.9 Å². The van der Waals surface area contributed by atoms with E-state index in [0.29, 0.717) is 10.5 Å². The molecule has 5 rings (SSSR count). The molecule has 4 aromatic rings. The summed E-state index contributed by atoms with van der Waals surface area (Å²) in [5.41, 5.74) is 3.04. The third-order valence-corrected chi connectivity index (χ3v) is 7.51. The minimum Gasteiger partial charge on any atom is -0.351 e. The van der Waals surface area contributed by atoms with Crippen molar-refractivity contribution >= 4 is 45.8 Å². The summed E-state index contributed by atoms with van der Waals surface area (Å²) in [4.78, 5) is 29.1. The Labute approximate surface area is 212 Å². The number of hydrogen-bond acceptors (Lipinski definition) is 5. The summed E-state index contributed by atoms with van der Waals surface area (Å²) in [6.45, 7) is 0.159. The minimum absolute atomic E-state index is 0.0394. The molecule has 0 radical (unpaired) electrons. The largest absolute Gasteiger partial charge is 0.351 e. The third kappa shape index (κ3) is 5.23. The first-order valence-corrected chi connectivity index (χ1v) is 13.1. The maximum absolute atomic E-state index is 13.9. The van der Waals surface area contributed by atoms with Gasteiger partial charge in [0.15, 0.2) is 0 Å². The standard InChI is InChI=1S/C26H26ClN5O2S/c27-21-10-4-1-7-18(21)15-31(24(33)16-32-23-12-6-5-11-22(23)29-30-32)25(19-13-14-35-17-19)26(34)28-20-8-2-3-9-20/h1,4-7,10-14,17,20,25H,2-3,8-9,15-16H2,(H,28,34). The predicted octanol–water partition coefficient (Wildman–Crippen LogP) is 4.98. The van der Waals surface area contributed by atoms with Crippen LogP contribution in [-0.4, -0.2) is 37.7 Å². The summed E-state index contributed by atoms with van der Waals surface area (Å²) >= 11 is 7.98. The second kappa shape index (κ2) is 10.6. The second-order valence-electron chi connectivity index (χ2n) is 8.80. The number of para-hydroxylation sites is 1. The van der Waals surface area contributed by atoms with Crippen LogP contribution in [0.5, 0.6) is 0 Å². The average molecular weight is 508 g/mol. The molecule has 2 amide bonds. The van der Waals surface area contributed by atoms with Crippen molar-refractivity contribution in [3.63, 3.8) is 0 Å². The summed E-state index contributed by atoms with van der Waals surface area (Å²) in [5.74, 6) is -0.405. The summed E-state index contributed by atoms with van der Waals surface area (Å²) < 4.78 is 1.58. The Bertz CT molecular complexity index is 1320. The summed E-state index contributed by atoms with van der Waals surface area (Å²) in [5, 5.41) is 16.0. The van der Waals surface area contributed by atoms with Gasteiger partial charge in [0.1, 0.15) is 18.1 Å². The van der Waals surface area contributed by atoms with Crippen LogP contribution in [0.1, 0.15) is 42.9 Å². The topological polar surface area (TPSA) is 80.1 Å². The van der Waals surface area contributed by atoms with Crippen molar-refractivity contribution in [2.24, 2.45) is 0 Å². The number of carbonyl (C=O) groups excluding carboxylic acids is 2. The van der Waals surface area contributed by atoms with Crippen LogP contribution < -0.4 is 5.32 Å². The number of halogens is 1. The number of thiophene rings is 1. The zero-order chi connectivity index (χ0) is 24.2. The molecule has 1 saturated carbocycles. The molecule has 0 saturated heterocycles. The van der Waals surface area contributed by atoms with Gasteiger partial charge in [0.25, 0.3) is 0 Å². The number of fused-ring (bicyclic) bond motifs is 1. The Morgan fingerprint density at radius 3 is 2.66 bits per heavy atom. The van der Waals surface area contributed by atoms with Gasteiger partial charge >= 0.3 is 0 Å². The zero-order valence-corrected chi connectivity index (χ0v) is 20.7. The molecule has 180 valence electrons. The number of aromatic nitrogens is 3. The molecule has 7 nitrogen and oxygen atoms in total. The van der Waals surface area contributed by atoms with Crippen LogP contribution in [0, 0.1) is 0 Å². The number of nitrogens with zero attached hydrogens (tertiary/aromatic N) is 4. The number of carbonyl (C=O) groups is 2. The van der Waals surface area contributed by atoms with Gasteiger partial charge in [0, 0.05) is 17.6 Å². The van der Waals surface area contributed by atoms with Crippen molar-refractivity contribution in [1.82, 2.24) is 25.2 Å². The minimum atomic E-state index is -0.777. The van der Waals surface area contributed by atoms with Gasteiger partial charge in [0.2, 0.25) is 11.8 Å². The Balaban J connectivity index is 1.50. The molecule has 1 fully saturated rings. The smallest absolute Gasteiger partial charge is 0.247 e. The number of benzene rings is 2. The lowest BCUT2D eigenvalue weighted by atomic mass is 10.1. The molecule has 9 heteroatoms. The Morgan fingerprint density at radius 1 is 1.11 bits per heavy atom. The lowest BCUT2D eigenvalue weighted by Gasteiger charge is -2.32. The van der Waals surface area contributed by atoms with Gasteiger partial charge in [-0.25, -0.2) is 4.68 Å². The van der Waals surface area contributed by atoms with Gasteiger partial charge in [-0.2, -0.15) is 11.3 Å². The van der Waals surface area contributed by atoms with Gasteiger partial charge in [-0.3, -0.25) is 9.59 Å². The van der Waals surface area contributed by atoms with Crippen LogP contribution >= 0.6 is 22.9 Å². The highest BCUT2D eigenvalue weighted by molar-refractivity contribution is 7.08. The molecule has 35 heavy (non-hydrogen) atoms. The number of amides is 2. The Kier molecular flexibility index (Phi) is 7.11. The molecular formula is C26H26ClN5O2S. The van der Waals surface area contributed by atoms with E-state index in [2.05, 4.69) is 15.6 Å². The van der Waals surface area contributed by atoms with Gasteiger partial charge in [-0.05, 0) is 59.0 Å². The Morgan fingerprint density at radius 2 is 1.89 bits per heavy atom. The van der Waals surface area contributed by atoms with E-state index >= 15 is 0 Å². The lowest BCUT2D eigenvalue weighted by Crippen LogP contribution is -2.46. The molecule has 2 heterocycles. The second-order valence-corrected chi connectivity index (χ2v) is 9.99. The molecule has 1 N–H and O–H groups in total. The fourth-order valence-electron chi connectivity index (χ4n) is 4.64. The normalized spacial score (nSPS) is 14.8. The molecular weight excluding hydrogens is 482 g/mol. The molecule has 0 spiro atoms. The van der Waals surface area contributed by atoms with Crippen LogP contribution in [0.2, 0.25) is 5.02 Å². The van der Waals surface area contributed by atoms with Crippen LogP contribution in [0.4, 0.5) is 0 Å². The van der Waals surface area contributed by atoms with E-state index in [1.54, 1.807) is 15.6 Å². The van der Waals surface area contributed by atoms with E-state index in [4.69, 9.17) is 11.6 Å². The predicted molar refractivity (Wildman–Crippen MR) is 137 cm³/mol. The molecule has 0 aliphatic heterocycles. The van der Waals surface area contributed by atoms with Crippen LogP contribution in [-0.2, 0) is 22.7 Å². The molecule has 2 aromatic heterocycles. The molecule has 1 unspecified atom stereocenters. The first-order valence-electron chi connectivity index (χ1n) is 11.7. The first-order chi connectivity index (χ1) is 17.1. The van der Waals surface area contributed by atoms with Gasteiger partial charge in [-0.1, -0.05) is 60.0 Å². The number of hydrogen-bond donors (Lipinski definition) is 1. The zero-order valence-electron chi connectivity index (χ0n) is 19.1. The maximum Gasteiger partial charge on any atom is 0.247 e. The van der Waals surface area contributed by atoms with Crippen LogP contribution in [0.15, 0.2) is 65.4 Å². The quantitative estimate of drug-likeness (QED) is 0.365. The van der Waals surface area contributed by atoms with E-state index in [9.17, 15) is 9.59 Å². The summed E-state index contributed by atoms with van der Waals surface area (Å²) in [7, 11) is 0. The molecule has 1 aliphatic rings. The van der Waals surface area contributed by atoms with Crippen molar-refractivity contribution < 1.29 is 9.59 Å². The summed E-state index contributed by atoms with van der Waals surface area (Å²) in [6.07, 6.45) is 4.14. The van der Waals surface area contributed by atoms with E-state index in [1.807, 2.05) is 59.3 Å². The van der Waals surface area contributed by atoms with E-state index in [0.717, 1.165) is 42.3 Å². The van der Waals surface area contributed by atoms with Crippen LogP contribution in [0.25, 0.3) is 11.0 Å². The third-order valence-electron chi connectivity index (χ3n) is 6.44. The fourth-order valence-corrected chi connectivity index (χ4v) is 5.51. The van der Waals surface area contributed by atoms with E-state index in [-0.39, 0.29) is 30.9 Å². The van der Waals surface area contributed by atoms with Crippen molar-refractivity contribution in [3.05, 3.63) is 81.5 Å². The highest BCUT2D eigenvalue weighted by atomic mass is 35.5. The van der Waals surface area contributed by atoms with Crippen LogP contribution in [0.3, 0.4) is 0 Å². The molecule has 2 aromatic carbocycles. The number of rotatable bonds is 8. The molecule has 1 atom stereocenters. The highest BCUT2D eigenvalue weighted by Gasteiger charge is 2.34. The fraction of sp³-hybridized carbons (Fsp3) is 0.308. The van der Waals surface area contributed by atoms with Crippen molar-refractivity contribution in [2.75, 3.05) is 0 Å². The SMILES string of the molecule is O=C(NC1CCCC1)C(c1ccsc1)N(Cc1ccccc1Cl)C(=O)Cn1nnc2ccccc21. The highest BCUT2D eigenvalue weighted by Crippen LogP contribution is 2.29. The maximum atomic E-state index is 13.9. The molecule has 1 aliphatic carbocycles. The van der Waals surface area contributed by atoms with Gasteiger partial charge < -0.3 is 10.2 Å². The van der Waals surface area contributed by atoms with Gasteiger partial charge in [-0.15, -0.1) is 5.10 Å². The Hall–Kier alpha value is -3.23. The summed E-state index contributed by atoms with van der Waals surface area (Å²) in [6, 6.07) is 16.2.